The molecule has 3 aromatic rings. The van der Waals surface area contributed by atoms with Gasteiger partial charge in [-0.2, -0.15) is 0 Å². The van der Waals surface area contributed by atoms with Crippen molar-refractivity contribution in [1.82, 2.24) is 4.98 Å². The molecule has 5 rings (SSSR count). The summed E-state index contributed by atoms with van der Waals surface area (Å²) in [5.41, 5.74) is 15.5. The minimum atomic E-state index is -0.0967. The van der Waals surface area contributed by atoms with Gasteiger partial charge in [-0.15, -0.1) is 0 Å². The summed E-state index contributed by atoms with van der Waals surface area (Å²) in [6.45, 7) is 0. The normalized spacial score (nSPS) is 17.8. The van der Waals surface area contributed by atoms with Gasteiger partial charge in [-0.3, -0.25) is 0 Å². The Morgan fingerprint density at radius 3 is 2.46 bits per heavy atom. The van der Waals surface area contributed by atoms with Crippen molar-refractivity contribution in [3.63, 3.8) is 0 Å². The number of hydrogen-bond donors (Lipinski definition) is 2. The first-order chi connectivity index (χ1) is 12.7. The molecule has 26 heavy (non-hydrogen) atoms. The largest absolute Gasteiger partial charge is 0.441 e. The monoisotopic (exact) mass is 344 g/mol. The van der Waals surface area contributed by atoms with Gasteiger partial charge < -0.3 is 20.6 Å². The Bertz CT molecular complexity index is 1080. The van der Waals surface area contributed by atoms with E-state index in [-0.39, 0.29) is 6.04 Å². The van der Waals surface area contributed by atoms with Gasteiger partial charge in [0.1, 0.15) is 23.3 Å². The lowest BCUT2D eigenvalue weighted by atomic mass is 10.0. The smallest absolute Gasteiger partial charge is 0.226 e. The summed E-state index contributed by atoms with van der Waals surface area (Å²) in [5.74, 6) is 2.72. The molecule has 1 aromatic heterocycles. The van der Waals surface area contributed by atoms with Crippen molar-refractivity contribution in [1.29, 1.82) is 0 Å². The van der Waals surface area contributed by atoms with Crippen molar-refractivity contribution in [2.75, 3.05) is 11.5 Å². The lowest BCUT2D eigenvalue weighted by Crippen LogP contribution is -2.12. The number of nitrogen functional groups attached to an aromatic ring is 2. The van der Waals surface area contributed by atoms with Crippen molar-refractivity contribution in [2.45, 2.75) is 12.5 Å². The van der Waals surface area contributed by atoms with Gasteiger partial charge in [0.05, 0.1) is 0 Å². The summed E-state index contributed by atoms with van der Waals surface area (Å²) in [7, 11) is 0. The molecule has 0 bridgehead atoms. The average Bonchev–Trinajstić information content (AvgIpc) is 3.22. The minimum Gasteiger partial charge on any atom is -0.441 e. The zero-order valence-corrected chi connectivity index (χ0v) is 13.8. The number of benzene rings is 2. The Labute approximate surface area is 149 Å². The zero-order valence-electron chi connectivity index (χ0n) is 13.8. The maximum atomic E-state index is 5.96. The molecule has 1 unspecified atom stereocenters. The van der Waals surface area contributed by atoms with Crippen LogP contribution in [-0.4, -0.2) is 16.9 Å². The van der Waals surface area contributed by atoms with E-state index in [0.717, 1.165) is 28.3 Å². The highest BCUT2D eigenvalue weighted by atomic mass is 16.5. The van der Waals surface area contributed by atoms with E-state index in [9.17, 15) is 0 Å². The fourth-order valence-electron chi connectivity index (χ4n) is 3.22. The average molecular weight is 344 g/mol. The van der Waals surface area contributed by atoms with E-state index in [2.05, 4.69) is 9.98 Å². The highest BCUT2D eigenvalue weighted by Crippen LogP contribution is 2.34. The molecule has 1 aliphatic carbocycles. The van der Waals surface area contributed by atoms with Crippen LogP contribution in [-0.2, 0) is 11.2 Å². The van der Waals surface area contributed by atoms with Gasteiger partial charge in [0.15, 0.2) is 0 Å². The molecular formula is C20H16N4O2. The van der Waals surface area contributed by atoms with E-state index in [1.165, 1.54) is 0 Å². The zero-order chi connectivity index (χ0) is 17.7. The number of nitrogens with two attached hydrogens (primary N) is 2. The maximum absolute atomic E-state index is 5.96. The molecule has 4 N–H and O–H groups in total. The maximum Gasteiger partial charge on any atom is 0.226 e. The fourth-order valence-corrected chi connectivity index (χ4v) is 3.22. The first kappa shape index (κ1) is 14.8. The predicted octanol–water partition coefficient (Wildman–Crippen LogP) is 3.25. The van der Waals surface area contributed by atoms with Crippen molar-refractivity contribution in [3.8, 4) is 11.5 Å². The number of oxazole rings is 1. The first-order valence-electron chi connectivity index (χ1n) is 8.34. The third-order valence-corrected chi connectivity index (χ3v) is 4.47. The van der Waals surface area contributed by atoms with Gasteiger partial charge in [-0.1, -0.05) is 12.1 Å². The third-order valence-electron chi connectivity index (χ3n) is 4.47. The molecule has 2 aromatic carbocycles. The second-order valence-electron chi connectivity index (χ2n) is 6.38. The molecule has 6 heteroatoms. The predicted molar refractivity (Wildman–Crippen MR) is 100 cm³/mol. The lowest BCUT2D eigenvalue weighted by Gasteiger charge is -2.11. The molecule has 0 spiro atoms. The van der Waals surface area contributed by atoms with Crippen molar-refractivity contribution in [2.24, 2.45) is 4.99 Å². The van der Waals surface area contributed by atoms with Crippen molar-refractivity contribution >= 4 is 23.3 Å². The van der Waals surface area contributed by atoms with Crippen LogP contribution in [0.15, 0.2) is 63.7 Å². The van der Waals surface area contributed by atoms with Crippen molar-refractivity contribution < 1.29 is 9.15 Å². The Balaban J connectivity index is 1.46. The molecule has 6 nitrogen and oxygen atoms in total. The molecule has 2 aliphatic rings. The molecular weight excluding hydrogens is 328 g/mol. The highest BCUT2D eigenvalue weighted by molar-refractivity contribution is 5.97. The SMILES string of the molecule is Nc1cccc(C2=NC3Cc4oc(-c5cccc(N)c5)nc4C=C3O2)c1. The summed E-state index contributed by atoms with van der Waals surface area (Å²) in [6.07, 6.45) is 2.51. The first-order valence-corrected chi connectivity index (χ1v) is 8.34. The van der Waals surface area contributed by atoms with Crippen LogP contribution in [0.2, 0.25) is 0 Å². The summed E-state index contributed by atoms with van der Waals surface area (Å²) < 4.78 is 11.9. The number of aliphatic imine (C=N–C) groups is 1. The number of anilines is 2. The van der Waals surface area contributed by atoms with E-state index >= 15 is 0 Å². The van der Waals surface area contributed by atoms with Crippen LogP contribution in [0.3, 0.4) is 0 Å². The topological polar surface area (TPSA) is 99.7 Å². The molecule has 0 saturated carbocycles. The second kappa shape index (κ2) is 5.49. The van der Waals surface area contributed by atoms with Gasteiger partial charge in [-0.05, 0) is 36.4 Å². The van der Waals surface area contributed by atoms with Crippen LogP contribution >= 0.6 is 0 Å². The van der Waals surface area contributed by atoms with E-state index in [0.29, 0.717) is 29.6 Å². The summed E-state index contributed by atoms with van der Waals surface area (Å²) >= 11 is 0. The Kier molecular flexibility index (Phi) is 3.12. The Hall–Kier alpha value is -3.54. The van der Waals surface area contributed by atoms with E-state index in [4.69, 9.17) is 20.6 Å². The molecule has 1 atom stereocenters. The molecule has 128 valence electrons. The molecule has 0 fully saturated rings. The van der Waals surface area contributed by atoms with E-state index < -0.39 is 0 Å². The Morgan fingerprint density at radius 2 is 1.69 bits per heavy atom. The van der Waals surface area contributed by atoms with Crippen LogP contribution in [0.25, 0.3) is 17.5 Å². The second-order valence-corrected chi connectivity index (χ2v) is 6.38. The minimum absolute atomic E-state index is 0.0967. The number of rotatable bonds is 2. The molecule has 1 aliphatic heterocycles. The summed E-state index contributed by atoms with van der Waals surface area (Å²) in [6, 6.07) is 14.9. The van der Waals surface area contributed by atoms with Crippen molar-refractivity contribution in [3.05, 3.63) is 71.3 Å². The van der Waals surface area contributed by atoms with Crippen LogP contribution in [0.4, 0.5) is 11.4 Å². The standard InChI is InChI=1S/C20H16N4O2/c21-13-5-1-3-11(7-13)19-23-15-9-18-16(10-17(15)25-19)24-20(26-18)12-4-2-6-14(22)8-12/h1-9,16H,10,21-22H2. The Morgan fingerprint density at radius 1 is 0.962 bits per heavy atom. The number of fused-ring (bicyclic) bond motifs is 2. The lowest BCUT2D eigenvalue weighted by molar-refractivity contribution is 0.405. The third kappa shape index (κ3) is 2.43. The fraction of sp³-hybridized carbons (Fsp3) is 0.100. The van der Waals surface area contributed by atoms with Crippen LogP contribution < -0.4 is 11.5 Å². The number of hydrogen-bond acceptors (Lipinski definition) is 6. The van der Waals surface area contributed by atoms with Crippen LogP contribution in [0.1, 0.15) is 17.0 Å². The van der Waals surface area contributed by atoms with E-state index in [1.54, 1.807) is 0 Å². The molecule has 0 amide bonds. The van der Waals surface area contributed by atoms with Crippen LogP contribution in [0.5, 0.6) is 0 Å². The number of aromatic nitrogens is 1. The van der Waals surface area contributed by atoms with Gasteiger partial charge in [0.2, 0.25) is 11.8 Å². The summed E-state index contributed by atoms with van der Waals surface area (Å²) in [5, 5.41) is 0. The van der Waals surface area contributed by atoms with Gasteiger partial charge in [0, 0.05) is 35.0 Å². The van der Waals surface area contributed by atoms with Gasteiger partial charge in [0.25, 0.3) is 0 Å². The van der Waals surface area contributed by atoms with Gasteiger partial charge in [-0.25, -0.2) is 9.98 Å². The number of nitrogens with zero attached hydrogens (tertiary/aromatic N) is 2. The van der Waals surface area contributed by atoms with E-state index in [1.807, 2.05) is 54.6 Å². The molecule has 0 radical (unpaired) electrons. The van der Waals surface area contributed by atoms with Crippen LogP contribution in [0, 0.1) is 0 Å². The van der Waals surface area contributed by atoms with Gasteiger partial charge >= 0.3 is 0 Å². The quantitative estimate of drug-likeness (QED) is 0.695. The molecule has 0 saturated heterocycles. The summed E-state index contributed by atoms with van der Waals surface area (Å²) in [4.78, 5) is 9.26. The highest BCUT2D eigenvalue weighted by Gasteiger charge is 2.33. The molecule has 2 heterocycles. The number of ether oxygens (including phenoxy) is 1.